The summed E-state index contributed by atoms with van der Waals surface area (Å²) in [7, 11) is 0. The molecule has 2 rings (SSSR count). The van der Waals surface area contributed by atoms with Crippen molar-refractivity contribution in [3.05, 3.63) is 52.1 Å². The van der Waals surface area contributed by atoms with Crippen LogP contribution >= 0.6 is 15.9 Å². The molecule has 0 atom stereocenters. The first-order chi connectivity index (χ1) is 7.65. The quantitative estimate of drug-likeness (QED) is 0.819. The molecule has 1 aromatic heterocycles. The summed E-state index contributed by atoms with van der Waals surface area (Å²) in [6.45, 7) is 3.97. The Morgan fingerprint density at radius 2 is 1.94 bits per heavy atom. The minimum Gasteiger partial charge on any atom is -0.439 e. The van der Waals surface area contributed by atoms with E-state index in [1.54, 1.807) is 0 Å². The number of benzene rings is 1. The van der Waals surface area contributed by atoms with Gasteiger partial charge in [-0.1, -0.05) is 12.1 Å². The third-order valence-corrected chi connectivity index (χ3v) is 3.05. The molecule has 0 saturated heterocycles. The Labute approximate surface area is 103 Å². The van der Waals surface area contributed by atoms with Crippen molar-refractivity contribution in [1.82, 2.24) is 4.98 Å². The van der Waals surface area contributed by atoms with Gasteiger partial charge < -0.3 is 4.74 Å². The Morgan fingerprint density at radius 3 is 2.62 bits per heavy atom. The van der Waals surface area contributed by atoms with Gasteiger partial charge in [-0.05, 0) is 53.5 Å². The first kappa shape index (κ1) is 11.1. The van der Waals surface area contributed by atoms with Gasteiger partial charge in [0.15, 0.2) is 0 Å². The number of hydrogen-bond acceptors (Lipinski definition) is 2. The van der Waals surface area contributed by atoms with E-state index in [2.05, 4.69) is 20.9 Å². The van der Waals surface area contributed by atoms with Gasteiger partial charge in [0.05, 0.1) is 5.69 Å². The summed E-state index contributed by atoms with van der Waals surface area (Å²) >= 11 is 3.41. The van der Waals surface area contributed by atoms with E-state index in [1.807, 2.05) is 50.2 Å². The van der Waals surface area contributed by atoms with E-state index in [-0.39, 0.29) is 0 Å². The van der Waals surface area contributed by atoms with Crippen molar-refractivity contribution in [2.45, 2.75) is 13.8 Å². The lowest BCUT2D eigenvalue weighted by atomic mass is 10.2. The van der Waals surface area contributed by atoms with E-state index < -0.39 is 0 Å². The second-order valence-corrected chi connectivity index (χ2v) is 4.49. The van der Waals surface area contributed by atoms with Crippen molar-refractivity contribution in [2.24, 2.45) is 0 Å². The van der Waals surface area contributed by atoms with Crippen LogP contribution in [0.4, 0.5) is 0 Å². The van der Waals surface area contributed by atoms with E-state index in [9.17, 15) is 0 Å². The third-order valence-electron chi connectivity index (χ3n) is 2.21. The molecule has 0 radical (unpaired) electrons. The van der Waals surface area contributed by atoms with Gasteiger partial charge in [-0.3, -0.25) is 0 Å². The van der Waals surface area contributed by atoms with Crippen LogP contribution in [0.2, 0.25) is 0 Å². The average molecular weight is 278 g/mol. The normalized spacial score (nSPS) is 10.2. The fourth-order valence-electron chi connectivity index (χ4n) is 1.38. The van der Waals surface area contributed by atoms with Crippen LogP contribution in [0.25, 0.3) is 0 Å². The van der Waals surface area contributed by atoms with Gasteiger partial charge in [-0.25, -0.2) is 4.98 Å². The maximum Gasteiger partial charge on any atom is 0.219 e. The number of halogens is 1. The number of nitrogens with zero attached hydrogens (tertiary/aromatic N) is 1. The molecule has 0 aliphatic rings. The summed E-state index contributed by atoms with van der Waals surface area (Å²) < 4.78 is 6.65. The fourth-order valence-corrected chi connectivity index (χ4v) is 1.60. The van der Waals surface area contributed by atoms with Crippen LogP contribution in [-0.4, -0.2) is 4.98 Å². The predicted octanol–water partition coefficient (Wildman–Crippen LogP) is 4.25. The molecular weight excluding hydrogens is 266 g/mol. The molecule has 0 spiro atoms. The van der Waals surface area contributed by atoms with Gasteiger partial charge in [-0.15, -0.1) is 0 Å². The van der Waals surface area contributed by atoms with Crippen LogP contribution < -0.4 is 4.74 Å². The fraction of sp³-hybridized carbons (Fsp3) is 0.154. The van der Waals surface area contributed by atoms with Crippen molar-refractivity contribution in [3.8, 4) is 11.6 Å². The van der Waals surface area contributed by atoms with Gasteiger partial charge in [0, 0.05) is 10.5 Å². The molecule has 0 amide bonds. The second kappa shape index (κ2) is 4.66. The zero-order valence-electron chi connectivity index (χ0n) is 9.20. The minimum absolute atomic E-state index is 0.617. The van der Waals surface area contributed by atoms with E-state index in [1.165, 1.54) is 5.56 Å². The van der Waals surface area contributed by atoms with E-state index >= 15 is 0 Å². The monoisotopic (exact) mass is 277 g/mol. The van der Waals surface area contributed by atoms with Crippen molar-refractivity contribution < 1.29 is 4.74 Å². The molecule has 16 heavy (non-hydrogen) atoms. The highest BCUT2D eigenvalue weighted by Crippen LogP contribution is 2.23. The first-order valence-corrected chi connectivity index (χ1v) is 5.82. The Kier molecular flexibility index (Phi) is 3.25. The third kappa shape index (κ3) is 2.61. The summed E-state index contributed by atoms with van der Waals surface area (Å²) in [4.78, 5) is 4.33. The SMILES string of the molecule is Cc1cccc(Oc2ccc(Br)c(C)n2)c1. The Morgan fingerprint density at radius 1 is 1.12 bits per heavy atom. The molecule has 0 saturated carbocycles. The van der Waals surface area contributed by atoms with Crippen LogP contribution in [-0.2, 0) is 0 Å². The molecule has 0 fully saturated rings. The molecule has 0 N–H and O–H groups in total. The highest BCUT2D eigenvalue weighted by Gasteiger charge is 2.01. The van der Waals surface area contributed by atoms with E-state index in [0.717, 1.165) is 15.9 Å². The zero-order chi connectivity index (χ0) is 11.5. The summed E-state index contributed by atoms with van der Waals surface area (Å²) in [5.74, 6) is 1.43. The number of ether oxygens (including phenoxy) is 1. The molecular formula is C13H12BrNO. The van der Waals surface area contributed by atoms with Crippen LogP contribution in [0.1, 0.15) is 11.3 Å². The lowest BCUT2D eigenvalue weighted by Gasteiger charge is -2.06. The van der Waals surface area contributed by atoms with Crippen molar-refractivity contribution in [3.63, 3.8) is 0 Å². The average Bonchev–Trinajstić information content (AvgIpc) is 2.24. The van der Waals surface area contributed by atoms with E-state index in [0.29, 0.717) is 5.88 Å². The van der Waals surface area contributed by atoms with Crippen molar-refractivity contribution >= 4 is 15.9 Å². The van der Waals surface area contributed by atoms with Crippen LogP contribution in [0.15, 0.2) is 40.9 Å². The van der Waals surface area contributed by atoms with Gasteiger partial charge in [0.2, 0.25) is 5.88 Å². The van der Waals surface area contributed by atoms with E-state index in [4.69, 9.17) is 4.74 Å². The van der Waals surface area contributed by atoms with Crippen molar-refractivity contribution in [1.29, 1.82) is 0 Å². The molecule has 2 nitrogen and oxygen atoms in total. The highest BCUT2D eigenvalue weighted by atomic mass is 79.9. The Bertz CT molecular complexity index is 511. The Hall–Kier alpha value is -1.35. The zero-order valence-corrected chi connectivity index (χ0v) is 10.8. The summed E-state index contributed by atoms with van der Waals surface area (Å²) in [5.41, 5.74) is 2.09. The smallest absolute Gasteiger partial charge is 0.219 e. The van der Waals surface area contributed by atoms with Crippen molar-refractivity contribution in [2.75, 3.05) is 0 Å². The lowest BCUT2D eigenvalue weighted by molar-refractivity contribution is 0.461. The molecule has 2 aromatic rings. The molecule has 0 aliphatic heterocycles. The van der Waals surface area contributed by atoms with Gasteiger partial charge in [0.1, 0.15) is 5.75 Å². The summed E-state index contributed by atoms with van der Waals surface area (Å²) in [6, 6.07) is 11.7. The minimum atomic E-state index is 0.617. The molecule has 1 aromatic carbocycles. The van der Waals surface area contributed by atoms with Crippen LogP contribution in [0.5, 0.6) is 11.6 Å². The topological polar surface area (TPSA) is 22.1 Å². The van der Waals surface area contributed by atoms with Gasteiger partial charge in [-0.2, -0.15) is 0 Å². The first-order valence-electron chi connectivity index (χ1n) is 5.03. The number of aromatic nitrogens is 1. The molecule has 0 unspecified atom stereocenters. The van der Waals surface area contributed by atoms with Gasteiger partial charge in [0.25, 0.3) is 0 Å². The number of rotatable bonds is 2. The van der Waals surface area contributed by atoms with Crippen LogP contribution in [0, 0.1) is 13.8 Å². The maximum absolute atomic E-state index is 5.66. The van der Waals surface area contributed by atoms with Gasteiger partial charge >= 0.3 is 0 Å². The molecule has 3 heteroatoms. The molecule has 82 valence electrons. The lowest BCUT2D eigenvalue weighted by Crippen LogP contribution is -1.90. The van der Waals surface area contributed by atoms with Crippen LogP contribution in [0.3, 0.4) is 0 Å². The molecule has 0 aliphatic carbocycles. The number of aryl methyl sites for hydroxylation is 2. The second-order valence-electron chi connectivity index (χ2n) is 3.64. The highest BCUT2D eigenvalue weighted by molar-refractivity contribution is 9.10. The maximum atomic E-state index is 5.66. The Balaban J connectivity index is 2.24. The number of hydrogen-bond donors (Lipinski definition) is 0. The molecule has 0 bridgehead atoms. The molecule has 1 heterocycles. The number of pyridine rings is 1. The largest absolute Gasteiger partial charge is 0.439 e. The summed E-state index contributed by atoms with van der Waals surface area (Å²) in [6.07, 6.45) is 0. The predicted molar refractivity (Wildman–Crippen MR) is 67.9 cm³/mol. The standard InChI is InChI=1S/C13H12BrNO/c1-9-4-3-5-11(8-9)16-13-7-6-12(14)10(2)15-13/h3-8H,1-2H3. The summed E-state index contributed by atoms with van der Waals surface area (Å²) in [5, 5.41) is 0.